The van der Waals surface area contributed by atoms with Crippen molar-refractivity contribution in [1.29, 1.82) is 0 Å². The summed E-state index contributed by atoms with van der Waals surface area (Å²) in [5.41, 5.74) is -0.190. The lowest BCUT2D eigenvalue weighted by Gasteiger charge is -2.32. The van der Waals surface area contributed by atoms with Crippen LogP contribution in [0.5, 0.6) is 0 Å². The average molecular weight is 372 g/mol. The maximum Gasteiger partial charge on any atom is 0.261 e. The molecule has 0 unspecified atom stereocenters. The smallest absolute Gasteiger partial charge is 0.261 e. The van der Waals surface area contributed by atoms with E-state index in [2.05, 4.69) is 15.5 Å². The van der Waals surface area contributed by atoms with E-state index in [0.717, 1.165) is 25.9 Å². The lowest BCUT2D eigenvalue weighted by Crippen LogP contribution is -2.48. The third-order valence-electron chi connectivity index (χ3n) is 3.94. The first-order valence-corrected chi connectivity index (χ1v) is 9.49. The zero-order valence-corrected chi connectivity index (χ0v) is 16.1. The zero-order chi connectivity index (χ0) is 17.7. The molecule has 2 rings (SSSR count). The van der Waals surface area contributed by atoms with Crippen molar-refractivity contribution in [2.75, 3.05) is 26.2 Å². The van der Waals surface area contributed by atoms with Crippen molar-refractivity contribution in [2.45, 2.75) is 39.2 Å². The lowest BCUT2D eigenvalue weighted by atomic mass is 9.96. The van der Waals surface area contributed by atoms with Crippen molar-refractivity contribution in [3.05, 3.63) is 21.3 Å². The van der Waals surface area contributed by atoms with E-state index in [1.807, 2.05) is 20.8 Å². The van der Waals surface area contributed by atoms with Crippen LogP contribution in [0, 0.1) is 5.92 Å². The molecule has 1 saturated heterocycles. The molecule has 2 heterocycles. The number of thiophene rings is 1. The summed E-state index contributed by atoms with van der Waals surface area (Å²) >= 11 is 7.15. The van der Waals surface area contributed by atoms with E-state index in [0.29, 0.717) is 28.2 Å². The predicted octanol–water partition coefficient (Wildman–Crippen LogP) is 2.76. The van der Waals surface area contributed by atoms with Gasteiger partial charge in [-0.1, -0.05) is 11.6 Å². The third-order valence-corrected chi connectivity index (χ3v) is 5.17. The number of nitrogens with one attached hydrogen (secondary N) is 2. The highest BCUT2D eigenvalue weighted by Crippen LogP contribution is 2.21. The molecular weight excluding hydrogens is 346 g/mol. The monoisotopic (exact) mass is 371 g/mol. The lowest BCUT2D eigenvalue weighted by molar-refractivity contribution is -0.124. The van der Waals surface area contributed by atoms with Gasteiger partial charge >= 0.3 is 0 Å². The Hall–Kier alpha value is -1.11. The highest BCUT2D eigenvalue weighted by Gasteiger charge is 2.23. The highest BCUT2D eigenvalue weighted by molar-refractivity contribution is 7.17. The number of nitrogens with zero attached hydrogens (tertiary/aromatic N) is 1. The molecule has 5 nitrogen and oxygen atoms in total. The largest absolute Gasteiger partial charge is 0.351 e. The van der Waals surface area contributed by atoms with E-state index >= 15 is 0 Å². The Morgan fingerprint density at radius 2 is 1.96 bits per heavy atom. The fraction of sp³-hybridized carbons (Fsp3) is 0.647. The molecule has 1 aromatic rings. The minimum absolute atomic E-state index is 0.0566. The van der Waals surface area contributed by atoms with Gasteiger partial charge in [0.1, 0.15) is 0 Å². The van der Waals surface area contributed by atoms with Gasteiger partial charge in [-0.2, -0.15) is 0 Å². The highest BCUT2D eigenvalue weighted by atomic mass is 35.5. The van der Waals surface area contributed by atoms with Crippen LogP contribution in [0.25, 0.3) is 0 Å². The van der Waals surface area contributed by atoms with Crippen molar-refractivity contribution >= 4 is 34.8 Å². The first-order valence-electron chi connectivity index (χ1n) is 8.30. The van der Waals surface area contributed by atoms with Gasteiger partial charge in [-0.15, -0.1) is 11.3 Å². The van der Waals surface area contributed by atoms with E-state index in [1.165, 1.54) is 11.3 Å². The standard InChI is InChI=1S/C17H26ClN3O2S/c1-17(2,3)20-15(22)11-21-8-6-12(7-9-21)10-19-16(23)13-4-5-14(18)24-13/h4-5,12H,6-11H2,1-3H3,(H,19,23)(H,20,22). The van der Waals surface area contributed by atoms with Crippen LogP contribution in [0.2, 0.25) is 4.34 Å². The summed E-state index contributed by atoms with van der Waals surface area (Å²) < 4.78 is 0.627. The summed E-state index contributed by atoms with van der Waals surface area (Å²) in [4.78, 5) is 26.8. The molecule has 7 heteroatoms. The topological polar surface area (TPSA) is 61.4 Å². The van der Waals surface area contributed by atoms with Gasteiger partial charge in [0.15, 0.2) is 0 Å². The van der Waals surface area contributed by atoms with E-state index in [9.17, 15) is 9.59 Å². The van der Waals surface area contributed by atoms with E-state index in [4.69, 9.17) is 11.6 Å². The molecule has 1 aliphatic heterocycles. The van der Waals surface area contributed by atoms with Crippen LogP contribution in [-0.4, -0.2) is 48.4 Å². The van der Waals surface area contributed by atoms with Crippen molar-refractivity contribution in [3.8, 4) is 0 Å². The molecule has 1 fully saturated rings. The number of carbonyl (C=O) groups excluding carboxylic acids is 2. The van der Waals surface area contributed by atoms with Crippen LogP contribution in [0.4, 0.5) is 0 Å². The van der Waals surface area contributed by atoms with Gasteiger partial charge < -0.3 is 10.6 Å². The molecule has 0 saturated carbocycles. The Bertz CT molecular complexity index is 575. The van der Waals surface area contributed by atoms with Gasteiger partial charge in [0.2, 0.25) is 5.91 Å². The maximum absolute atomic E-state index is 12.0. The van der Waals surface area contributed by atoms with Crippen LogP contribution >= 0.6 is 22.9 Å². The van der Waals surface area contributed by atoms with Crippen LogP contribution in [0.15, 0.2) is 12.1 Å². The van der Waals surface area contributed by atoms with Gasteiger partial charge in [0.25, 0.3) is 5.91 Å². The molecular formula is C17H26ClN3O2S. The van der Waals surface area contributed by atoms with Crippen LogP contribution in [0.1, 0.15) is 43.3 Å². The third kappa shape index (κ3) is 6.42. The Labute approximate surface area is 152 Å². The van der Waals surface area contributed by atoms with Crippen molar-refractivity contribution < 1.29 is 9.59 Å². The Morgan fingerprint density at radius 3 is 2.50 bits per heavy atom. The summed E-state index contributed by atoms with van der Waals surface area (Å²) in [6.45, 7) is 8.87. The van der Waals surface area contributed by atoms with E-state index < -0.39 is 0 Å². The quantitative estimate of drug-likeness (QED) is 0.836. The molecule has 1 aliphatic rings. The maximum atomic E-state index is 12.0. The SMILES string of the molecule is CC(C)(C)NC(=O)CN1CCC(CNC(=O)c2ccc(Cl)s2)CC1. The summed E-state index contributed by atoms with van der Waals surface area (Å²) in [5, 5.41) is 5.97. The molecule has 134 valence electrons. The second kappa shape index (κ2) is 8.32. The molecule has 24 heavy (non-hydrogen) atoms. The van der Waals surface area contributed by atoms with Crippen LogP contribution in [0.3, 0.4) is 0 Å². The molecule has 2 amide bonds. The van der Waals surface area contributed by atoms with Crippen molar-refractivity contribution in [1.82, 2.24) is 15.5 Å². The molecule has 0 radical (unpaired) electrons. The summed E-state index contributed by atoms with van der Waals surface area (Å²) in [6.07, 6.45) is 1.99. The van der Waals surface area contributed by atoms with Gasteiger partial charge in [-0.25, -0.2) is 0 Å². The second-order valence-electron chi connectivity index (χ2n) is 7.33. The molecule has 0 aromatic carbocycles. The predicted molar refractivity (Wildman–Crippen MR) is 98.7 cm³/mol. The van der Waals surface area contributed by atoms with Crippen LogP contribution in [-0.2, 0) is 4.79 Å². The summed E-state index contributed by atoms with van der Waals surface area (Å²) in [6, 6.07) is 3.49. The minimum Gasteiger partial charge on any atom is -0.351 e. The number of amides is 2. The van der Waals surface area contributed by atoms with Gasteiger partial charge in [-0.3, -0.25) is 14.5 Å². The second-order valence-corrected chi connectivity index (χ2v) is 9.05. The number of hydrogen-bond acceptors (Lipinski definition) is 4. The summed E-state index contributed by atoms with van der Waals surface area (Å²) in [5.74, 6) is 0.481. The number of hydrogen-bond donors (Lipinski definition) is 2. The normalized spacial score (nSPS) is 16.8. The van der Waals surface area contributed by atoms with Gasteiger partial charge in [0.05, 0.1) is 15.8 Å². The molecule has 0 aliphatic carbocycles. The Kier molecular flexibility index (Phi) is 6.66. The first-order chi connectivity index (χ1) is 11.2. The molecule has 0 spiro atoms. The molecule has 2 N–H and O–H groups in total. The van der Waals surface area contributed by atoms with Gasteiger partial charge in [-0.05, 0) is 64.8 Å². The number of halogens is 1. The Balaban J connectivity index is 1.67. The van der Waals surface area contributed by atoms with E-state index in [1.54, 1.807) is 12.1 Å². The van der Waals surface area contributed by atoms with E-state index in [-0.39, 0.29) is 17.4 Å². The summed E-state index contributed by atoms with van der Waals surface area (Å²) in [7, 11) is 0. The molecule has 0 bridgehead atoms. The number of piperidine rings is 1. The number of likely N-dealkylation sites (tertiary alicyclic amines) is 1. The molecule has 0 atom stereocenters. The van der Waals surface area contributed by atoms with Crippen LogP contribution < -0.4 is 10.6 Å². The molecule has 1 aromatic heterocycles. The minimum atomic E-state index is -0.190. The zero-order valence-electron chi connectivity index (χ0n) is 14.5. The Morgan fingerprint density at radius 1 is 1.29 bits per heavy atom. The van der Waals surface area contributed by atoms with Crippen molar-refractivity contribution in [2.24, 2.45) is 5.92 Å². The van der Waals surface area contributed by atoms with Crippen molar-refractivity contribution in [3.63, 3.8) is 0 Å². The number of rotatable bonds is 5. The first kappa shape index (κ1) is 19.2. The average Bonchev–Trinajstić information content (AvgIpc) is 2.91. The number of carbonyl (C=O) groups is 2. The van der Waals surface area contributed by atoms with Gasteiger partial charge in [0, 0.05) is 12.1 Å². The fourth-order valence-electron chi connectivity index (χ4n) is 2.77. The fourth-order valence-corrected chi connectivity index (χ4v) is 3.73.